The van der Waals surface area contributed by atoms with Crippen molar-refractivity contribution in [2.45, 2.75) is 13.1 Å². The third kappa shape index (κ3) is 5.38. The number of halogens is 3. The van der Waals surface area contributed by atoms with E-state index in [0.717, 1.165) is 18.2 Å². The van der Waals surface area contributed by atoms with E-state index in [-0.39, 0.29) is 11.4 Å². The van der Waals surface area contributed by atoms with E-state index in [1.54, 1.807) is 6.07 Å². The third-order valence-corrected chi connectivity index (χ3v) is 2.70. The van der Waals surface area contributed by atoms with Crippen LogP contribution in [0.3, 0.4) is 0 Å². The maximum absolute atomic E-state index is 11.8. The van der Waals surface area contributed by atoms with Crippen LogP contribution in [0.5, 0.6) is 0 Å². The van der Waals surface area contributed by atoms with Crippen LogP contribution in [-0.2, 0) is 6.18 Å². The number of nitro groups is 2. The van der Waals surface area contributed by atoms with Gasteiger partial charge in [0.1, 0.15) is 0 Å². The van der Waals surface area contributed by atoms with Gasteiger partial charge in [-0.2, -0.15) is 13.2 Å². The summed E-state index contributed by atoms with van der Waals surface area (Å²) in [4.78, 5) is 19.4. The number of rotatable bonds is 2. The van der Waals surface area contributed by atoms with Crippen LogP contribution in [0.1, 0.15) is 11.1 Å². The molecule has 0 radical (unpaired) electrons. The number of aryl methyl sites for hydroxylation is 1. The Morgan fingerprint density at radius 3 is 1.87 bits per heavy atom. The molecule has 0 spiro atoms. The topological polar surface area (TPSA) is 86.3 Å². The molecule has 0 amide bonds. The fraction of sp³-hybridized carbons (Fsp3) is 0.143. The van der Waals surface area contributed by atoms with E-state index in [9.17, 15) is 33.4 Å². The standard InChI is InChI=1S/C7H5F3.C7H6N2O4/c8-7(9,10)6-4-2-1-3-5-6;1-5-2-3-6(8(10)11)4-7(5)9(12)13/h1-5H;2-4H,1H3. The SMILES string of the molecule is Cc1ccc([N+](=O)[O-])cc1[N+](=O)[O-].FC(F)(F)c1ccccc1. The molecule has 2 aromatic rings. The van der Waals surface area contributed by atoms with Crippen molar-refractivity contribution in [2.24, 2.45) is 0 Å². The van der Waals surface area contributed by atoms with Gasteiger partial charge in [-0.1, -0.05) is 30.3 Å². The summed E-state index contributed by atoms with van der Waals surface area (Å²) in [6, 6.07) is 9.91. The van der Waals surface area contributed by atoms with E-state index in [1.807, 2.05) is 0 Å². The molecule has 0 bridgehead atoms. The molecule has 0 heterocycles. The summed E-state index contributed by atoms with van der Waals surface area (Å²) in [7, 11) is 0. The van der Waals surface area contributed by atoms with Gasteiger partial charge in [-0.3, -0.25) is 20.2 Å². The number of nitro benzene ring substituents is 2. The zero-order chi connectivity index (χ0) is 17.6. The van der Waals surface area contributed by atoms with E-state index in [0.29, 0.717) is 5.56 Å². The lowest BCUT2D eigenvalue weighted by Gasteiger charge is -2.03. The van der Waals surface area contributed by atoms with Gasteiger partial charge < -0.3 is 0 Å². The summed E-state index contributed by atoms with van der Waals surface area (Å²) >= 11 is 0. The van der Waals surface area contributed by atoms with Gasteiger partial charge in [0.25, 0.3) is 11.4 Å². The minimum Gasteiger partial charge on any atom is -0.258 e. The van der Waals surface area contributed by atoms with Crippen LogP contribution in [0.15, 0.2) is 48.5 Å². The van der Waals surface area contributed by atoms with Gasteiger partial charge in [0.05, 0.1) is 21.5 Å². The molecule has 0 unspecified atom stereocenters. The minimum atomic E-state index is -4.21. The zero-order valence-corrected chi connectivity index (χ0v) is 11.8. The molecule has 0 fully saturated rings. The van der Waals surface area contributed by atoms with E-state index >= 15 is 0 Å². The van der Waals surface area contributed by atoms with Crippen LogP contribution in [0.4, 0.5) is 24.5 Å². The van der Waals surface area contributed by atoms with Crippen molar-refractivity contribution in [2.75, 3.05) is 0 Å². The molecule has 0 aliphatic heterocycles. The second kappa shape index (κ2) is 7.34. The van der Waals surface area contributed by atoms with Gasteiger partial charge in [0.2, 0.25) is 0 Å². The predicted molar refractivity (Wildman–Crippen MR) is 75.9 cm³/mol. The van der Waals surface area contributed by atoms with Gasteiger partial charge in [-0.15, -0.1) is 0 Å². The molecule has 0 saturated carbocycles. The van der Waals surface area contributed by atoms with Crippen molar-refractivity contribution in [3.8, 4) is 0 Å². The quantitative estimate of drug-likeness (QED) is 0.599. The third-order valence-electron chi connectivity index (χ3n) is 2.70. The number of non-ortho nitro benzene ring substituents is 1. The first-order chi connectivity index (χ1) is 10.6. The van der Waals surface area contributed by atoms with Gasteiger partial charge in [0.15, 0.2) is 0 Å². The maximum atomic E-state index is 11.8. The molecule has 0 aromatic heterocycles. The molecule has 122 valence electrons. The lowest BCUT2D eigenvalue weighted by atomic mass is 10.2. The Labute approximate surface area is 128 Å². The Bertz CT molecular complexity index is 703. The van der Waals surface area contributed by atoms with Gasteiger partial charge >= 0.3 is 6.18 Å². The largest absolute Gasteiger partial charge is 0.416 e. The van der Waals surface area contributed by atoms with Crippen molar-refractivity contribution in [1.82, 2.24) is 0 Å². The van der Waals surface area contributed by atoms with Crippen molar-refractivity contribution in [3.05, 3.63) is 79.9 Å². The number of hydrogen-bond acceptors (Lipinski definition) is 4. The molecule has 0 atom stereocenters. The van der Waals surface area contributed by atoms with Crippen LogP contribution >= 0.6 is 0 Å². The summed E-state index contributed by atoms with van der Waals surface area (Å²) in [5.74, 6) is 0. The highest BCUT2D eigenvalue weighted by atomic mass is 19.4. The Morgan fingerprint density at radius 2 is 1.48 bits per heavy atom. The normalized spacial score (nSPS) is 10.4. The Hall–Kier alpha value is -2.97. The number of hydrogen-bond donors (Lipinski definition) is 0. The first-order valence-corrected chi connectivity index (χ1v) is 6.14. The fourth-order valence-electron chi connectivity index (χ4n) is 1.54. The average molecular weight is 328 g/mol. The summed E-state index contributed by atoms with van der Waals surface area (Å²) in [6.45, 7) is 1.53. The summed E-state index contributed by atoms with van der Waals surface area (Å²) in [5.41, 5.74) is -0.683. The molecular formula is C14H11F3N2O4. The van der Waals surface area contributed by atoms with Gasteiger partial charge in [0, 0.05) is 11.6 Å². The first kappa shape index (κ1) is 18.1. The second-order valence-corrected chi connectivity index (χ2v) is 4.35. The second-order valence-electron chi connectivity index (χ2n) is 4.35. The van der Waals surface area contributed by atoms with E-state index < -0.39 is 21.6 Å². The van der Waals surface area contributed by atoms with Crippen molar-refractivity contribution in [3.63, 3.8) is 0 Å². The average Bonchev–Trinajstić information content (AvgIpc) is 2.48. The lowest BCUT2D eigenvalue weighted by Crippen LogP contribution is -2.03. The predicted octanol–water partition coefficient (Wildman–Crippen LogP) is 4.52. The van der Waals surface area contributed by atoms with Crippen molar-refractivity contribution in [1.29, 1.82) is 0 Å². The summed E-state index contributed by atoms with van der Waals surface area (Å²) < 4.78 is 35.4. The highest BCUT2D eigenvalue weighted by molar-refractivity contribution is 5.48. The van der Waals surface area contributed by atoms with Gasteiger partial charge in [-0.05, 0) is 13.0 Å². The van der Waals surface area contributed by atoms with E-state index in [4.69, 9.17) is 0 Å². The number of nitrogens with zero attached hydrogens (tertiary/aromatic N) is 2. The molecule has 2 aromatic carbocycles. The molecule has 6 nitrogen and oxygen atoms in total. The minimum absolute atomic E-state index is 0.228. The van der Waals surface area contributed by atoms with Crippen LogP contribution in [0, 0.1) is 27.2 Å². The summed E-state index contributed by atoms with van der Waals surface area (Å²) in [6.07, 6.45) is -4.21. The highest BCUT2D eigenvalue weighted by Crippen LogP contribution is 2.28. The van der Waals surface area contributed by atoms with E-state index in [2.05, 4.69) is 0 Å². The monoisotopic (exact) mass is 328 g/mol. The first-order valence-electron chi connectivity index (χ1n) is 6.14. The van der Waals surface area contributed by atoms with Crippen LogP contribution in [0.2, 0.25) is 0 Å². The Kier molecular flexibility index (Phi) is 5.77. The van der Waals surface area contributed by atoms with Gasteiger partial charge in [-0.25, -0.2) is 0 Å². The van der Waals surface area contributed by atoms with Crippen molar-refractivity contribution < 1.29 is 23.0 Å². The van der Waals surface area contributed by atoms with E-state index in [1.165, 1.54) is 31.2 Å². The molecule has 0 aliphatic carbocycles. The molecule has 2 rings (SSSR count). The van der Waals surface area contributed by atoms with Crippen LogP contribution < -0.4 is 0 Å². The maximum Gasteiger partial charge on any atom is 0.416 e. The van der Waals surface area contributed by atoms with Crippen LogP contribution in [0.25, 0.3) is 0 Å². The smallest absolute Gasteiger partial charge is 0.258 e. The van der Waals surface area contributed by atoms with Crippen LogP contribution in [-0.4, -0.2) is 9.85 Å². The molecule has 23 heavy (non-hydrogen) atoms. The molecular weight excluding hydrogens is 317 g/mol. The molecule has 0 N–H and O–H groups in total. The zero-order valence-electron chi connectivity index (χ0n) is 11.8. The Balaban J connectivity index is 0.000000238. The number of benzene rings is 2. The molecule has 0 aliphatic rings. The summed E-state index contributed by atoms with van der Waals surface area (Å²) in [5, 5.41) is 20.6. The van der Waals surface area contributed by atoms with Crippen molar-refractivity contribution >= 4 is 11.4 Å². The number of alkyl halides is 3. The highest BCUT2D eigenvalue weighted by Gasteiger charge is 2.29. The Morgan fingerprint density at radius 1 is 0.913 bits per heavy atom. The fourth-order valence-corrected chi connectivity index (χ4v) is 1.54. The molecule has 0 saturated heterocycles. The lowest BCUT2D eigenvalue weighted by molar-refractivity contribution is -0.394. The molecule has 9 heteroatoms.